The van der Waals surface area contributed by atoms with Crippen molar-refractivity contribution in [1.82, 2.24) is 10.3 Å². The summed E-state index contributed by atoms with van der Waals surface area (Å²) in [5, 5.41) is 9.44. The first-order chi connectivity index (χ1) is 9.61. The molecule has 0 aromatic carbocycles. The third kappa shape index (κ3) is 3.33. The van der Waals surface area contributed by atoms with Crippen molar-refractivity contribution in [2.24, 2.45) is 0 Å². The van der Waals surface area contributed by atoms with Gasteiger partial charge >= 0.3 is 0 Å². The number of amides is 1. The summed E-state index contributed by atoms with van der Waals surface area (Å²) >= 11 is 1.61. The van der Waals surface area contributed by atoms with Gasteiger partial charge in [-0.25, -0.2) is 9.37 Å². The van der Waals surface area contributed by atoms with E-state index < -0.39 is 11.7 Å². The fourth-order valence-electron chi connectivity index (χ4n) is 1.91. The fourth-order valence-corrected chi connectivity index (χ4v) is 2.59. The second-order valence-electron chi connectivity index (χ2n) is 4.48. The maximum Gasteiger partial charge on any atom is 0.254 e. The smallest absolute Gasteiger partial charge is 0.254 e. The number of anilines is 1. The topological polar surface area (TPSA) is 54.0 Å². The molecule has 1 amide bonds. The van der Waals surface area contributed by atoms with Gasteiger partial charge in [-0.3, -0.25) is 4.79 Å². The molecule has 1 unspecified atom stereocenters. The molecule has 2 aromatic rings. The zero-order valence-corrected chi connectivity index (χ0v) is 12.1. The Morgan fingerprint density at radius 2 is 2.30 bits per heavy atom. The first kappa shape index (κ1) is 14.5. The maximum absolute atomic E-state index is 14.0. The SMILES string of the molecule is CNc1nccc(C(=O)NC(C)Cc2ccsc2)c1F. The summed E-state index contributed by atoms with van der Waals surface area (Å²) in [6.45, 7) is 1.90. The lowest BCUT2D eigenvalue weighted by atomic mass is 10.1. The van der Waals surface area contributed by atoms with Gasteiger partial charge in [-0.1, -0.05) is 0 Å². The van der Waals surface area contributed by atoms with Crippen molar-refractivity contribution in [3.05, 3.63) is 46.0 Å². The average molecular weight is 293 g/mol. The summed E-state index contributed by atoms with van der Waals surface area (Å²) in [5.74, 6) is -0.984. The minimum atomic E-state index is -0.629. The molecule has 0 aliphatic heterocycles. The van der Waals surface area contributed by atoms with Crippen molar-refractivity contribution in [2.75, 3.05) is 12.4 Å². The number of carbonyl (C=O) groups excluding carboxylic acids is 1. The monoisotopic (exact) mass is 293 g/mol. The predicted octanol–water partition coefficient (Wildman–Crippen LogP) is 2.68. The number of thiophene rings is 1. The van der Waals surface area contributed by atoms with E-state index >= 15 is 0 Å². The van der Waals surface area contributed by atoms with Gasteiger partial charge in [-0.15, -0.1) is 0 Å². The molecule has 20 heavy (non-hydrogen) atoms. The number of nitrogens with zero attached hydrogens (tertiary/aromatic N) is 1. The van der Waals surface area contributed by atoms with Gasteiger partial charge in [0, 0.05) is 19.3 Å². The number of pyridine rings is 1. The number of aromatic nitrogens is 1. The van der Waals surface area contributed by atoms with E-state index in [1.807, 2.05) is 23.8 Å². The van der Waals surface area contributed by atoms with Crippen LogP contribution >= 0.6 is 11.3 Å². The number of hydrogen-bond donors (Lipinski definition) is 2. The Morgan fingerprint density at radius 1 is 1.50 bits per heavy atom. The van der Waals surface area contributed by atoms with Crippen LogP contribution in [0, 0.1) is 5.82 Å². The van der Waals surface area contributed by atoms with E-state index in [0.717, 1.165) is 12.0 Å². The van der Waals surface area contributed by atoms with Gasteiger partial charge in [0.25, 0.3) is 5.91 Å². The molecule has 0 spiro atoms. The Balaban J connectivity index is 2.04. The number of halogens is 1. The summed E-state index contributed by atoms with van der Waals surface area (Å²) in [6, 6.07) is 3.32. The van der Waals surface area contributed by atoms with Gasteiger partial charge in [-0.05, 0) is 41.8 Å². The third-order valence-electron chi connectivity index (χ3n) is 2.87. The van der Waals surface area contributed by atoms with Gasteiger partial charge in [0.15, 0.2) is 11.6 Å². The summed E-state index contributed by atoms with van der Waals surface area (Å²) in [6.07, 6.45) is 2.13. The second-order valence-corrected chi connectivity index (χ2v) is 5.26. The van der Waals surface area contributed by atoms with Gasteiger partial charge < -0.3 is 10.6 Å². The van der Waals surface area contributed by atoms with Crippen LogP contribution in [0.25, 0.3) is 0 Å². The molecule has 2 rings (SSSR count). The van der Waals surface area contributed by atoms with Crippen LogP contribution in [-0.4, -0.2) is 24.0 Å². The molecule has 6 heteroatoms. The lowest BCUT2D eigenvalue weighted by Crippen LogP contribution is -2.34. The van der Waals surface area contributed by atoms with Crippen LogP contribution in [0.4, 0.5) is 10.2 Å². The molecule has 0 aliphatic rings. The standard InChI is InChI=1S/C14H16FN3OS/c1-9(7-10-4-6-20-8-10)18-14(19)11-3-5-17-13(16-2)12(11)15/h3-6,8-9H,7H2,1-2H3,(H,16,17)(H,18,19). The highest BCUT2D eigenvalue weighted by molar-refractivity contribution is 7.07. The minimum absolute atomic E-state index is 0.00141. The Kier molecular flexibility index (Phi) is 4.68. The van der Waals surface area contributed by atoms with E-state index in [2.05, 4.69) is 15.6 Å². The zero-order valence-electron chi connectivity index (χ0n) is 11.3. The number of nitrogens with one attached hydrogen (secondary N) is 2. The number of carbonyl (C=O) groups is 1. The van der Waals surface area contributed by atoms with Crippen molar-refractivity contribution in [3.8, 4) is 0 Å². The Hall–Kier alpha value is -1.95. The molecule has 2 heterocycles. The van der Waals surface area contributed by atoms with Gasteiger partial charge in [0.1, 0.15) is 0 Å². The molecule has 0 bridgehead atoms. The molecule has 1 atom stereocenters. The summed E-state index contributed by atoms with van der Waals surface area (Å²) in [4.78, 5) is 15.9. The van der Waals surface area contributed by atoms with Crippen molar-refractivity contribution >= 4 is 23.1 Å². The molecule has 0 aliphatic carbocycles. The summed E-state index contributed by atoms with van der Waals surface area (Å²) in [5.41, 5.74) is 1.16. The third-order valence-corrected chi connectivity index (χ3v) is 3.60. The fraction of sp³-hybridized carbons (Fsp3) is 0.286. The summed E-state index contributed by atoms with van der Waals surface area (Å²) < 4.78 is 14.0. The van der Waals surface area contributed by atoms with Crippen LogP contribution in [0.3, 0.4) is 0 Å². The van der Waals surface area contributed by atoms with Crippen LogP contribution in [0.5, 0.6) is 0 Å². The van der Waals surface area contributed by atoms with E-state index in [9.17, 15) is 9.18 Å². The van der Waals surface area contributed by atoms with Crippen molar-refractivity contribution in [2.45, 2.75) is 19.4 Å². The molecule has 0 saturated heterocycles. The molecular weight excluding hydrogens is 277 g/mol. The molecule has 4 nitrogen and oxygen atoms in total. The molecule has 2 aromatic heterocycles. The Morgan fingerprint density at radius 3 is 2.95 bits per heavy atom. The normalized spacial score (nSPS) is 11.9. The number of hydrogen-bond acceptors (Lipinski definition) is 4. The van der Waals surface area contributed by atoms with E-state index in [1.54, 1.807) is 18.4 Å². The van der Waals surface area contributed by atoms with Crippen LogP contribution in [0.1, 0.15) is 22.8 Å². The quantitative estimate of drug-likeness (QED) is 0.891. The van der Waals surface area contributed by atoms with Gasteiger partial charge in [0.05, 0.1) is 5.56 Å². The van der Waals surface area contributed by atoms with E-state index in [-0.39, 0.29) is 17.4 Å². The van der Waals surface area contributed by atoms with Crippen LogP contribution in [0.2, 0.25) is 0 Å². The second kappa shape index (κ2) is 6.47. The molecular formula is C14H16FN3OS. The first-order valence-corrected chi connectivity index (χ1v) is 7.20. The Bertz CT molecular complexity index is 586. The lowest BCUT2D eigenvalue weighted by Gasteiger charge is -2.14. The van der Waals surface area contributed by atoms with E-state index in [0.29, 0.717) is 0 Å². The van der Waals surface area contributed by atoms with Crippen LogP contribution < -0.4 is 10.6 Å². The Labute approximate surface area is 121 Å². The highest BCUT2D eigenvalue weighted by Crippen LogP contribution is 2.15. The van der Waals surface area contributed by atoms with Gasteiger partial charge in [0.2, 0.25) is 0 Å². The maximum atomic E-state index is 14.0. The van der Waals surface area contributed by atoms with E-state index in [4.69, 9.17) is 0 Å². The predicted molar refractivity (Wildman–Crippen MR) is 78.7 cm³/mol. The summed E-state index contributed by atoms with van der Waals surface area (Å²) in [7, 11) is 1.56. The zero-order chi connectivity index (χ0) is 14.5. The van der Waals surface area contributed by atoms with Crippen molar-refractivity contribution in [3.63, 3.8) is 0 Å². The molecule has 2 N–H and O–H groups in total. The molecule has 0 saturated carbocycles. The highest BCUT2D eigenvalue weighted by atomic mass is 32.1. The van der Waals surface area contributed by atoms with Crippen molar-refractivity contribution in [1.29, 1.82) is 0 Å². The molecule has 0 fully saturated rings. The highest BCUT2D eigenvalue weighted by Gasteiger charge is 2.17. The lowest BCUT2D eigenvalue weighted by molar-refractivity contribution is 0.0936. The van der Waals surface area contributed by atoms with E-state index in [1.165, 1.54) is 12.3 Å². The van der Waals surface area contributed by atoms with Gasteiger partial charge in [-0.2, -0.15) is 11.3 Å². The molecule has 0 radical (unpaired) electrons. The largest absolute Gasteiger partial charge is 0.371 e. The molecule has 106 valence electrons. The minimum Gasteiger partial charge on any atom is -0.371 e. The first-order valence-electron chi connectivity index (χ1n) is 6.26. The van der Waals surface area contributed by atoms with Crippen molar-refractivity contribution < 1.29 is 9.18 Å². The number of rotatable bonds is 5. The van der Waals surface area contributed by atoms with Crippen LogP contribution in [-0.2, 0) is 6.42 Å². The van der Waals surface area contributed by atoms with Crippen LogP contribution in [0.15, 0.2) is 29.1 Å². The average Bonchev–Trinajstić information content (AvgIpc) is 2.91.